The van der Waals surface area contributed by atoms with Crippen molar-refractivity contribution in [3.8, 4) is 0 Å². The predicted molar refractivity (Wildman–Crippen MR) is 98.3 cm³/mol. The molecule has 130 valence electrons. The predicted octanol–water partition coefficient (Wildman–Crippen LogP) is 6.41. The third kappa shape index (κ3) is 4.49. The summed E-state index contributed by atoms with van der Waals surface area (Å²) in [6.45, 7) is 9.76. The van der Waals surface area contributed by atoms with E-state index in [-0.39, 0.29) is 0 Å². The quantitative estimate of drug-likeness (QED) is 0.525. The van der Waals surface area contributed by atoms with Crippen LogP contribution >= 0.6 is 0 Å². The normalized spacial score (nSPS) is 24.8. The highest BCUT2D eigenvalue weighted by Crippen LogP contribution is 2.40. The van der Waals surface area contributed by atoms with Crippen LogP contribution in [0.25, 0.3) is 0 Å². The van der Waals surface area contributed by atoms with Gasteiger partial charge in [-0.1, -0.05) is 52.4 Å². The van der Waals surface area contributed by atoms with Gasteiger partial charge in [0.15, 0.2) is 0 Å². The highest BCUT2D eigenvalue weighted by Gasteiger charge is 2.38. The van der Waals surface area contributed by atoms with Crippen LogP contribution in [-0.4, -0.2) is 23.0 Å². The average molecular weight is 308 g/mol. The minimum absolute atomic E-state index is 0.754. The molecule has 2 aliphatic carbocycles. The van der Waals surface area contributed by atoms with Crippen LogP contribution in [0.5, 0.6) is 0 Å². The van der Waals surface area contributed by atoms with E-state index in [2.05, 4.69) is 32.6 Å². The maximum Gasteiger partial charge on any atom is 0.0157 e. The molecular weight excluding hydrogens is 266 g/mol. The van der Waals surface area contributed by atoms with E-state index in [1.807, 2.05) is 0 Å². The second-order valence-corrected chi connectivity index (χ2v) is 8.25. The van der Waals surface area contributed by atoms with Crippen molar-refractivity contribution >= 4 is 0 Å². The Labute approximate surface area is 140 Å². The van der Waals surface area contributed by atoms with Crippen LogP contribution in [0, 0.1) is 11.8 Å². The van der Waals surface area contributed by atoms with E-state index in [1.54, 1.807) is 0 Å². The number of hydrogen-bond donors (Lipinski definition) is 0. The molecule has 22 heavy (non-hydrogen) atoms. The van der Waals surface area contributed by atoms with Crippen molar-refractivity contribution in [3.63, 3.8) is 0 Å². The summed E-state index contributed by atoms with van der Waals surface area (Å²) < 4.78 is 0. The van der Waals surface area contributed by atoms with Crippen molar-refractivity contribution in [2.24, 2.45) is 11.8 Å². The Kier molecular flexibility index (Phi) is 7.74. The molecule has 1 nitrogen and oxygen atoms in total. The fourth-order valence-corrected chi connectivity index (χ4v) is 5.27. The third-order valence-electron chi connectivity index (χ3n) is 6.81. The maximum absolute atomic E-state index is 2.99. The van der Waals surface area contributed by atoms with Crippen molar-refractivity contribution in [3.05, 3.63) is 0 Å². The number of nitrogens with zero attached hydrogens (tertiary/aromatic N) is 1. The summed E-state index contributed by atoms with van der Waals surface area (Å²) >= 11 is 0. The number of rotatable bonds is 7. The van der Waals surface area contributed by atoms with Crippen molar-refractivity contribution in [2.75, 3.05) is 0 Å². The van der Waals surface area contributed by atoms with Crippen LogP contribution in [0.3, 0.4) is 0 Å². The molecule has 0 saturated heterocycles. The molecule has 0 amide bonds. The molecule has 0 spiro atoms. The highest BCUT2D eigenvalue weighted by atomic mass is 15.2. The first kappa shape index (κ1) is 18.3. The largest absolute Gasteiger partial charge is 0.295 e. The zero-order valence-electron chi connectivity index (χ0n) is 15.8. The Balaban J connectivity index is 2.21. The van der Waals surface area contributed by atoms with Gasteiger partial charge < -0.3 is 0 Å². The van der Waals surface area contributed by atoms with E-state index in [4.69, 9.17) is 0 Å². The van der Waals surface area contributed by atoms with Gasteiger partial charge in [0.05, 0.1) is 0 Å². The van der Waals surface area contributed by atoms with Gasteiger partial charge in [-0.15, -0.1) is 0 Å². The Morgan fingerprint density at radius 1 is 0.682 bits per heavy atom. The Hall–Kier alpha value is -0.0400. The molecule has 0 radical (unpaired) electrons. The van der Waals surface area contributed by atoms with Gasteiger partial charge in [0, 0.05) is 18.1 Å². The van der Waals surface area contributed by atoms with Crippen molar-refractivity contribution in [1.82, 2.24) is 4.90 Å². The van der Waals surface area contributed by atoms with Crippen molar-refractivity contribution in [1.29, 1.82) is 0 Å². The summed E-state index contributed by atoms with van der Waals surface area (Å²) in [5.41, 5.74) is 0. The lowest BCUT2D eigenvalue weighted by Crippen LogP contribution is -2.54. The fraction of sp³-hybridized carbons (Fsp3) is 1.00. The van der Waals surface area contributed by atoms with Crippen LogP contribution in [0.2, 0.25) is 0 Å². The van der Waals surface area contributed by atoms with E-state index in [0.717, 1.165) is 30.0 Å². The Morgan fingerprint density at radius 2 is 1.05 bits per heavy atom. The molecule has 2 unspecified atom stereocenters. The second kappa shape index (κ2) is 9.30. The van der Waals surface area contributed by atoms with Gasteiger partial charge in [-0.2, -0.15) is 0 Å². The minimum atomic E-state index is 0.754. The lowest BCUT2D eigenvalue weighted by atomic mass is 9.72. The van der Waals surface area contributed by atoms with Gasteiger partial charge >= 0.3 is 0 Å². The third-order valence-corrected chi connectivity index (χ3v) is 6.81. The summed E-state index contributed by atoms with van der Waals surface area (Å²) in [6, 6.07) is 2.39. The molecule has 0 aromatic carbocycles. The van der Waals surface area contributed by atoms with Crippen LogP contribution in [0.1, 0.15) is 105 Å². The second-order valence-electron chi connectivity index (χ2n) is 8.25. The lowest BCUT2D eigenvalue weighted by Gasteiger charge is -2.49. The van der Waals surface area contributed by atoms with Crippen LogP contribution in [0.15, 0.2) is 0 Å². The summed E-state index contributed by atoms with van der Waals surface area (Å²) in [7, 11) is 0. The standard InChI is InChI=1S/C21H41N/c1-5-17(3)22(18(4)6-2)21(19-13-9-7-10-14-19)20-15-11-8-12-16-20/h17-21H,5-16H2,1-4H3. The van der Waals surface area contributed by atoms with Gasteiger partial charge in [-0.25, -0.2) is 0 Å². The summed E-state index contributed by atoms with van der Waals surface area (Å²) in [6.07, 6.45) is 17.6. The van der Waals surface area contributed by atoms with Gasteiger partial charge in [0.2, 0.25) is 0 Å². The van der Waals surface area contributed by atoms with E-state index in [9.17, 15) is 0 Å². The van der Waals surface area contributed by atoms with Crippen LogP contribution in [0.4, 0.5) is 0 Å². The summed E-state index contributed by atoms with van der Waals surface area (Å²) in [5, 5.41) is 0. The van der Waals surface area contributed by atoms with E-state index < -0.39 is 0 Å². The smallest absolute Gasteiger partial charge is 0.0157 e. The molecule has 0 aromatic rings. The highest BCUT2D eigenvalue weighted by molar-refractivity contribution is 4.92. The SMILES string of the molecule is CCC(C)N(C(C)CC)C(C1CCCCC1)C1CCCCC1. The molecule has 0 N–H and O–H groups in total. The van der Waals surface area contributed by atoms with E-state index in [1.165, 1.54) is 77.0 Å². The lowest BCUT2D eigenvalue weighted by molar-refractivity contribution is -0.00228. The maximum atomic E-state index is 2.99. The first-order valence-electron chi connectivity index (χ1n) is 10.5. The van der Waals surface area contributed by atoms with Crippen LogP contribution in [-0.2, 0) is 0 Å². The summed E-state index contributed by atoms with van der Waals surface area (Å²) in [4.78, 5) is 2.99. The Bertz CT molecular complexity index is 260. The first-order valence-corrected chi connectivity index (χ1v) is 10.5. The molecule has 2 rings (SSSR count). The van der Waals surface area contributed by atoms with E-state index >= 15 is 0 Å². The molecule has 2 aliphatic rings. The molecule has 0 heterocycles. The molecular formula is C21H41N. The van der Waals surface area contributed by atoms with Crippen molar-refractivity contribution in [2.45, 2.75) is 123 Å². The van der Waals surface area contributed by atoms with Gasteiger partial charge in [0.25, 0.3) is 0 Å². The molecule has 2 saturated carbocycles. The molecule has 0 aliphatic heterocycles. The molecule has 0 aromatic heterocycles. The van der Waals surface area contributed by atoms with Gasteiger partial charge in [-0.3, -0.25) is 4.90 Å². The number of hydrogen-bond acceptors (Lipinski definition) is 1. The molecule has 2 fully saturated rings. The van der Waals surface area contributed by atoms with Crippen LogP contribution < -0.4 is 0 Å². The summed E-state index contributed by atoms with van der Waals surface area (Å²) in [5.74, 6) is 1.97. The van der Waals surface area contributed by atoms with Gasteiger partial charge in [0.1, 0.15) is 0 Å². The Morgan fingerprint density at radius 3 is 1.36 bits per heavy atom. The zero-order valence-corrected chi connectivity index (χ0v) is 15.8. The zero-order chi connectivity index (χ0) is 15.9. The molecule has 1 heteroatoms. The monoisotopic (exact) mass is 307 g/mol. The van der Waals surface area contributed by atoms with Gasteiger partial charge in [-0.05, 0) is 64.2 Å². The first-order chi connectivity index (χ1) is 10.7. The fourth-order valence-electron chi connectivity index (χ4n) is 5.27. The topological polar surface area (TPSA) is 3.24 Å². The van der Waals surface area contributed by atoms with Crippen molar-refractivity contribution < 1.29 is 0 Å². The molecule has 0 bridgehead atoms. The minimum Gasteiger partial charge on any atom is -0.295 e. The molecule has 2 atom stereocenters. The average Bonchev–Trinajstić information content (AvgIpc) is 2.59. The van der Waals surface area contributed by atoms with E-state index in [0.29, 0.717) is 0 Å².